The molecule has 1 atom stereocenters. The van der Waals surface area contributed by atoms with Crippen LogP contribution in [-0.2, 0) is 6.54 Å². The van der Waals surface area contributed by atoms with Crippen LogP contribution in [0.5, 0.6) is 5.75 Å². The molecule has 6 nitrogen and oxygen atoms in total. The smallest absolute Gasteiger partial charge is 0.259 e. The summed E-state index contributed by atoms with van der Waals surface area (Å²) in [5.41, 5.74) is 2.39. The van der Waals surface area contributed by atoms with Gasteiger partial charge in [0.1, 0.15) is 23.1 Å². The lowest BCUT2D eigenvalue weighted by Crippen LogP contribution is -2.27. The molecule has 0 saturated heterocycles. The van der Waals surface area contributed by atoms with Gasteiger partial charge < -0.3 is 19.3 Å². The molecule has 140 valence electrons. The van der Waals surface area contributed by atoms with Crippen molar-refractivity contribution in [2.75, 3.05) is 14.2 Å². The summed E-state index contributed by atoms with van der Waals surface area (Å²) < 4.78 is 10.5. The van der Waals surface area contributed by atoms with Gasteiger partial charge in [-0.05, 0) is 36.8 Å². The zero-order valence-electron chi connectivity index (χ0n) is 15.5. The van der Waals surface area contributed by atoms with Crippen molar-refractivity contribution in [2.24, 2.45) is 0 Å². The number of rotatable bonds is 6. The third kappa shape index (κ3) is 4.01. The zero-order chi connectivity index (χ0) is 19.4. The van der Waals surface area contributed by atoms with Gasteiger partial charge in [0.25, 0.3) is 5.91 Å². The van der Waals surface area contributed by atoms with Crippen LogP contribution in [0.25, 0.3) is 11.3 Å². The molecule has 0 fully saturated rings. The monoisotopic (exact) mass is 366 g/mol. The predicted octanol–water partition coefficient (Wildman–Crippen LogP) is 3.68. The van der Waals surface area contributed by atoms with E-state index in [2.05, 4.69) is 5.16 Å². The second-order valence-electron chi connectivity index (χ2n) is 6.32. The summed E-state index contributed by atoms with van der Waals surface area (Å²) in [5, 5.41) is 14.1. The Morgan fingerprint density at radius 1 is 1.19 bits per heavy atom. The molecule has 6 heteroatoms. The van der Waals surface area contributed by atoms with Crippen molar-refractivity contribution in [1.82, 2.24) is 10.1 Å². The minimum absolute atomic E-state index is 0.158. The molecule has 3 rings (SSSR count). The normalized spacial score (nSPS) is 11.9. The Balaban J connectivity index is 1.96. The van der Waals surface area contributed by atoms with Gasteiger partial charge in [-0.1, -0.05) is 35.5 Å². The molecule has 3 aromatic rings. The van der Waals surface area contributed by atoms with E-state index in [1.807, 2.05) is 30.3 Å². The number of aliphatic hydroxyl groups is 1. The molecule has 0 saturated carbocycles. The van der Waals surface area contributed by atoms with E-state index in [9.17, 15) is 9.90 Å². The third-order valence-electron chi connectivity index (χ3n) is 4.28. The average molecular weight is 366 g/mol. The van der Waals surface area contributed by atoms with Crippen LogP contribution in [0.1, 0.15) is 34.7 Å². The maximum Gasteiger partial charge on any atom is 0.259 e. The minimum atomic E-state index is -0.950. The van der Waals surface area contributed by atoms with E-state index in [1.165, 1.54) is 0 Å². The molecule has 0 bridgehead atoms. The summed E-state index contributed by atoms with van der Waals surface area (Å²) in [5.74, 6) is 0.597. The minimum Gasteiger partial charge on any atom is -0.497 e. The highest BCUT2D eigenvalue weighted by Crippen LogP contribution is 2.31. The number of hydrogen-bond acceptors (Lipinski definition) is 5. The molecule has 0 aliphatic rings. The third-order valence-corrected chi connectivity index (χ3v) is 4.28. The summed E-state index contributed by atoms with van der Waals surface area (Å²) in [6.07, 6.45) is -0.950. The molecule has 0 aliphatic heterocycles. The van der Waals surface area contributed by atoms with Crippen molar-refractivity contribution < 1.29 is 19.2 Å². The average Bonchev–Trinajstić information content (AvgIpc) is 3.13. The Kier molecular flexibility index (Phi) is 5.57. The van der Waals surface area contributed by atoms with Crippen LogP contribution in [-0.4, -0.2) is 35.2 Å². The molecular weight excluding hydrogens is 344 g/mol. The number of carbonyl (C=O) groups excluding carboxylic acids is 1. The quantitative estimate of drug-likeness (QED) is 0.720. The van der Waals surface area contributed by atoms with E-state index in [4.69, 9.17) is 9.26 Å². The topological polar surface area (TPSA) is 75.8 Å². The van der Waals surface area contributed by atoms with E-state index < -0.39 is 6.10 Å². The number of aromatic nitrogens is 1. The Hall–Kier alpha value is -3.12. The van der Waals surface area contributed by atoms with Gasteiger partial charge in [-0.15, -0.1) is 0 Å². The SMILES string of the molecule is COc1ccc(-c2noc([C@H](C)O)c2C(=O)N(C)Cc2ccccc2)cc1. The predicted molar refractivity (Wildman–Crippen MR) is 101 cm³/mol. The van der Waals surface area contributed by atoms with Crippen molar-refractivity contribution in [1.29, 1.82) is 0 Å². The number of aliphatic hydroxyl groups excluding tert-OH is 1. The van der Waals surface area contributed by atoms with Gasteiger partial charge in [0.15, 0.2) is 5.76 Å². The molecule has 1 aromatic heterocycles. The highest BCUT2D eigenvalue weighted by molar-refractivity contribution is 6.00. The van der Waals surface area contributed by atoms with Crippen molar-refractivity contribution in [2.45, 2.75) is 19.6 Å². The van der Waals surface area contributed by atoms with Crippen molar-refractivity contribution in [3.05, 3.63) is 71.5 Å². The number of amides is 1. The number of nitrogens with zero attached hydrogens (tertiary/aromatic N) is 2. The number of ether oxygens (including phenoxy) is 1. The van der Waals surface area contributed by atoms with E-state index >= 15 is 0 Å². The second kappa shape index (κ2) is 8.05. The van der Waals surface area contributed by atoms with E-state index in [-0.39, 0.29) is 17.2 Å². The molecule has 27 heavy (non-hydrogen) atoms. The van der Waals surface area contributed by atoms with Gasteiger partial charge in [0.2, 0.25) is 0 Å². The highest BCUT2D eigenvalue weighted by Gasteiger charge is 2.28. The van der Waals surface area contributed by atoms with Crippen molar-refractivity contribution in [3.8, 4) is 17.0 Å². The fourth-order valence-corrected chi connectivity index (χ4v) is 2.86. The molecule has 0 unspecified atom stereocenters. The van der Waals surface area contributed by atoms with Crippen LogP contribution >= 0.6 is 0 Å². The summed E-state index contributed by atoms with van der Waals surface area (Å²) in [6.45, 7) is 1.98. The molecule has 1 amide bonds. The largest absolute Gasteiger partial charge is 0.497 e. The van der Waals surface area contributed by atoms with Crippen LogP contribution in [0.2, 0.25) is 0 Å². The Bertz CT molecular complexity index is 902. The molecule has 0 spiro atoms. The molecule has 2 aromatic carbocycles. The number of hydrogen-bond donors (Lipinski definition) is 1. The maximum absolute atomic E-state index is 13.1. The van der Waals surface area contributed by atoms with Crippen LogP contribution < -0.4 is 4.74 Å². The van der Waals surface area contributed by atoms with Crippen LogP contribution in [0, 0.1) is 0 Å². The molecule has 0 aliphatic carbocycles. The fourth-order valence-electron chi connectivity index (χ4n) is 2.86. The Morgan fingerprint density at radius 2 is 1.85 bits per heavy atom. The lowest BCUT2D eigenvalue weighted by atomic mass is 10.0. The maximum atomic E-state index is 13.1. The summed E-state index contributed by atoms with van der Waals surface area (Å²) in [4.78, 5) is 14.7. The van der Waals surface area contributed by atoms with Crippen LogP contribution in [0.3, 0.4) is 0 Å². The first-order valence-electron chi connectivity index (χ1n) is 8.62. The molecular formula is C21H22N2O4. The van der Waals surface area contributed by atoms with Gasteiger partial charge in [-0.3, -0.25) is 4.79 Å². The zero-order valence-corrected chi connectivity index (χ0v) is 15.5. The second-order valence-corrected chi connectivity index (χ2v) is 6.32. The summed E-state index contributed by atoms with van der Waals surface area (Å²) >= 11 is 0. The van der Waals surface area contributed by atoms with Gasteiger partial charge >= 0.3 is 0 Å². The van der Waals surface area contributed by atoms with Crippen LogP contribution in [0.15, 0.2) is 59.1 Å². The fraction of sp³-hybridized carbons (Fsp3) is 0.238. The number of methoxy groups -OCH3 is 1. The number of carbonyl (C=O) groups is 1. The standard InChI is InChI=1S/C21H22N2O4/c1-14(24)20-18(21(25)23(2)13-15-7-5-4-6-8-15)19(22-27-20)16-9-11-17(26-3)12-10-16/h4-12,14,24H,13H2,1-3H3/t14-/m0/s1. The molecule has 0 radical (unpaired) electrons. The van der Waals surface area contributed by atoms with E-state index in [1.54, 1.807) is 50.2 Å². The van der Waals surface area contributed by atoms with Crippen molar-refractivity contribution >= 4 is 5.91 Å². The van der Waals surface area contributed by atoms with Crippen molar-refractivity contribution in [3.63, 3.8) is 0 Å². The van der Waals surface area contributed by atoms with E-state index in [0.29, 0.717) is 23.6 Å². The molecule has 1 N–H and O–H groups in total. The van der Waals surface area contributed by atoms with Gasteiger partial charge in [-0.2, -0.15) is 0 Å². The first kappa shape index (κ1) is 18.7. The first-order chi connectivity index (χ1) is 13.0. The Morgan fingerprint density at radius 3 is 2.44 bits per heavy atom. The Labute approximate surface area is 158 Å². The lowest BCUT2D eigenvalue weighted by molar-refractivity contribution is 0.0773. The van der Waals surface area contributed by atoms with Gasteiger partial charge in [0.05, 0.1) is 7.11 Å². The first-order valence-corrected chi connectivity index (χ1v) is 8.62. The van der Waals surface area contributed by atoms with Gasteiger partial charge in [-0.25, -0.2) is 0 Å². The molecule has 1 heterocycles. The number of benzene rings is 2. The van der Waals surface area contributed by atoms with Gasteiger partial charge in [0, 0.05) is 19.2 Å². The van der Waals surface area contributed by atoms with Crippen LogP contribution in [0.4, 0.5) is 0 Å². The summed E-state index contributed by atoms with van der Waals surface area (Å²) in [7, 11) is 3.30. The summed E-state index contributed by atoms with van der Waals surface area (Å²) in [6, 6.07) is 16.9. The lowest BCUT2D eigenvalue weighted by Gasteiger charge is -2.18. The highest BCUT2D eigenvalue weighted by atomic mass is 16.5. The van der Waals surface area contributed by atoms with E-state index in [0.717, 1.165) is 5.56 Å².